The van der Waals surface area contributed by atoms with Gasteiger partial charge in [-0.15, -0.1) is 0 Å². The van der Waals surface area contributed by atoms with Crippen LogP contribution in [0.15, 0.2) is 110 Å². The first kappa shape index (κ1) is 25.8. The van der Waals surface area contributed by atoms with Gasteiger partial charge in [0.2, 0.25) is 6.79 Å². The second-order valence-electron chi connectivity index (χ2n) is 8.76. The van der Waals surface area contributed by atoms with Crippen molar-refractivity contribution < 1.29 is 28.3 Å². The molecule has 0 bridgehead atoms. The van der Waals surface area contributed by atoms with E-state index in [1.807, 2.05) is 12.1 Å². The minimum absolute atomic E-state index is 0.00583. The largest absolute Gasteiger partial charge is 0.467 e. The second kappa shape index (κ2) is 10.9. The molecule has 0 aliphatic carbocycles. The molecule has 0 atom stereocenters. The molecule has 0 saturated heterocycles. The third-order valence-corrected chi connectivity index (χ3v) is 7.68. The van der Waals surface area contributed by atoms with E-state index in [9.17, 15) is 14.4 Å². The van der Waals surface area contributed by atoms with Crippen LogP contribution in [0.1, 0.15) is 16.1 Å². The summed E-state index contributed by atoms with van der Waals surface area (Å²) in [5.74, 6) is 0.365. The number of furan rings is 1. The van der Waals surface area contributed by atoms with E-state index in [1.54, 1.807) is 66.7 Å². The summed E-state index contributed by atoms with van der Waals surface area (Å²) in [6, 6.07) is 22.7. The number of fused-ring (bicyclic) bond motifs is 1. The van der Waals surface area contributed by atoms with Crippen LogP contribution in [-0.2, 0) is 16.1 Å². The van der Waals surface area contributed by atoms with Gasteiger partial charge in [0.1, 0.15) is 16.4 Å². The lowest BCUT2D eigenvalue weighted by atomic mass is 10.2. The molecule has 11 heteroatoms. The summed E-state index contributed by atoms with van der Waals surface area (Å²) < 4.78 is 16.9. The molecule has 9 nitrogen and oxygen atoms in total. The van der Waals surface area contributed by atoms with Crippen LogP contribution in [0.5, 0.6) is 11.5 Å². The predicted octanol–water partition coefficient (Wildman–Crippen LogP) is 6.01. The van der Waals surface area contributed by atoms with Crippen molar-refractivity contribution in [2.45, 2.75) is 11.4 Å². The Bertz CT molecular complexity index is 1650. The highest BCUT2D eigenvalue weighted by molar-refractivity contribution is 9.10. The standard InChI is InChI=1S/C29H20BrN3O6S/c30-18-7-9-19(10-8-18)31-25-26(29(36)33(28(25)35)15-21-4-2-12-37-21)40-22-5-1-3-20(14-22)32-27(34)17-6-11-23-24(13-17)39-16-38-23/h1-14,31H,15-16H2,(H,32,34). The highest BCUT2D eigenvalue weighted by atomic mass is 79.9. The second-order valence-corrected chi connectivity index (χ2v) is 10.8. The van der Waals surface area contributed by atoms with Crippen molar-refractivity contribution in [1.82, 2.24) is 4.90 Å². The third kappa shape index (κ3) is 5.33. The molecule has 6 rings (SSSR count). The van der Waals surface area contributed by atoms with Gasteiger partial charge < -0.3 is 24.5 Å². The first-order valence-corrected chi connectivity index (χ1v) is 13.7. The van der Waals surface area contributed by atoms with E-state index in [0.717, 1.165) is 21.1 Å². The van der Waals surface area contributed by atoms with Crippen LogP contribution in [0.25, 0.3) is 0 Å². The Labute approximate surface area is 241 Å². The number of carbonyl (C=O) groups is 3. The number of halogens is 1. The summed E-state index contributed by atoms with van der Waals surface area (Å²) in [6.07, 6.45) is 1.49. The van der Waals surface area contributed by atoms with Gasteiger partial charge in [-0.3, -0.25) is 19.3 Å². The Kier molecular flexibility index (Phi) is 7.06. The van der Waals surface area contributed by atoms with Crippen LogP contribution < -0.4 is 20.1 Å². The first-order chi connectivity index (χ1) is 19.4. The average Bonchev–Trinajstić information content (AvgIpc) is 3.69. The predicted molar refractivity (Wildman–Crippen MR) is 152 cm³/mol. The summed E-state index contributed by atoms with van der Waals surface area (Å²) in [5, 5.41) is 5.99. The molecule has 2 aliphatic rings. The smallest absolute Gasteiger partial charge is 0.278 e. The lowest BCUT2D eigenvalue weighted by Gasteiger charge is -2.13. The fourth-order valence-electron chi connectivity index (χ4n) is 4.13. The van der Waals surface area contributed by atoms with Crippen molar-refractivity contribution >= 4 is 56.8 Å². The minimum atomic E-state index is -0.459. The van der Waals surface area contributed by atoms with Gasteiger partial charge in [-0.05, 0) is 72.8 Å². The Hall–Kier alpha value is -4.48. The summed E-state index contributed by atoms with van der Waals surface area (Å²) in [7, 11) is 0. The van der Waals surface area contributed by atoms with Crippen LogP contribution in [0.3, 0.4) is 0 Å². The quantitative estimate of drug-likeness (QED) is 0.231. The van der Waals surface area contributed by atoms with Crippen molar-refractivity contribution in [3.8, 4) is 11.5 Å². The molecule has 2 aliphatic heterocycles. The molecule has 3 amide bonds. The van der Waals surface area contributed by atoms with Gasteiger partial charge in [-0.1, -0.05) is 33.8 Å². The van der Waals surface area contributed by atoms with Crippen LogP contribution in [0, 0.1) is 0 Å². The summed E-state index contributed by atoms with van der Waals surface area (Å²) >= 11 is 4.55. The van der Waals surface area contributed by atoms with Crippen LogP contribution in [0.2, 0.25) is 0 Å². The number of anilines is 2. The molecule has 0 unspecified atom stereocenters. The molecule has 4 aromatic rings. The summed E-state index contributed by atoms with van der Waals surface area (Å²) in [6.45, 7) is 0.125. The maximum Gasteiger partial charge on any atom is 0.278 e. The average molecular weight is 618 g/mol. The van der Waals surface area contributed by atoms with E-state index >= 15 is 0 Å². The van der Waals surface area contributed by atoms with Gasteiger partial charge in [-0.25, -0.2) is 0 Å². The molecular weight excluding hydrogens is 598 g/mol. The van der Waals surface area contributed by atoms with Crippen molar-refractivity contribution in [3.63, 3.8) is 0 Å². The van der Waals surface area contributed by atoms with E-state index in [-0.39, 0.29) is 29.8 Å². The molecule has 40 heavy (non-hydrogen) atoms. The van der Waals surface area contributed by atoms with Crippen molar-refractivity contribution in [3.05, 3.63) is 112 Å². The van der Waals surface area contributed by atoms with E-state index < -0.39 is 11.8 Å². The van der Waals surface area contributed by atoms with Gasteiger partial charge in [0, 0.05) is 26.3 Å². The number of nitrogens with one attached hydrogen (secondary N) is 2. The van der Waals surface area contributed by atoms with Gasteiger partial charge in [0.25, 0.3) is 17.7 Å². The number of rotatable bonds is 8. The minimum Gasteiger partial charge on any atom is -0.467 e. The zero-order chi connectivity index (χ0) is 27.6. The molecule has 1 aromatic heterocycles. The molecule has 3 heterocycles. The maximum atomic E-state index is 13.5. The van der Waals surface area contributed by atoms with Crippen LogP contribution >= 0.6 is 27.7 Å². The summed E-state index contributed by atoms with van der Waals surface area (Å²) in [5.41, 5.74) is 1.76. The Balaban J connectivity index is 1.25. The van der Waals surface area contributed by atoms with Crippen LogP contribution in [0.4, 0.5) is 11.4 Å². The van der Waals surface area contributed by atoms with Crippen molar-refractivity contribution in [1.29, 1.82) is 0 Å². The number of thioether (sulfide) groups is 1. The lowest BCUT2D eigenvalue weighted by molar-refractivity contribution is -0.138. The molecule has 3 aromatic carbocycles. The van der Waals surface area contributed by atoms with E-state index in [4.69, 9.17) is 13.9 Å². The molecule has 0 spiro atoms. The number of hydrogen-bond donors (Lipinski definition) is 2. The van der Waals surface area contributed by atoms with Gasteiger partial charge in [-0.2, -0.15) is 0 Å². The lowest BCUT2D eigenvalue weighted by Crippen LogP contribution is -2.31. The summed E-state index contributed by atoms with van der Waals surface area (Å²) in [4.78, 5) is 41.8. The zero-order valence-corrected chi connectivity index (χ0v) is 23.1. The number of amides is 3. The van der Waals surface area contributed by atoms with E-state index in [2.05, 4.69) is 26.6 Å². The normalized spacial score (nSPS) is 14.2. The fraction of sp³-hybridized carbons (Fsp3) is 0.0690. The monoisotopic (exact) mass is 617 g/mol. The molecule has 0 fully saturated rings. The van der Waals surface area contributed by atoms with Crippen molar-refractivity contribution in [2.75, 3.05) is 17.4 Å². The van der Waals surface area contributed by atoms with E-state index in [0.29, 0.717) is 39.1 Å². The Morgan fingerprint density at radius 1 is 0.900 bits per heavy atom. The highest BCUT2D eigenvalue weighted by Gasteiger charge is 2.39. The Morgan fingerprint density at radius 3 is 2.52 bits per heavy atom. The topological polar surface area (TPSA) is 110 Å². The molecule has 2 N–H and O–H groups in total. The first-order valence-electron chi connectivity index (χ1n) is 12.1. The zero-order valence-electron chi connectivity index (χ0n) is 20.7. The van der Waals surface area contributed by atoms with Crippen LogP contribution in [-0.4, -0.2) is 29.4 Å². The number of benzene rings is 3. The molecule has 200 valence electrons. The number of nitrogens with zero attached hydrogens (tertiary/aromatic N) is 1. The number of carbonyl (C=O) groups excluding carboxylic acids is 3. The number of imide groups is 1. The van der Waals surface area contributed by atoms with Gasteiger partial charge in [0.05, 0.1) is 12.8 Å². The third-order valence-electron chi connectivity index (χ3n) is 6.08. The van der Waals surface area contributed by atoms with Crippen molar-refractivity contribution in [2.24, 2.45) is 0 Å². The maximum absolute atomic E-state index is 13.5. The van der Waals surface area contributed by atoms with Gasteiger partial charge in [0.15, 0.2) is 11.5 Å². The number of hydrogen-bond acceptors (Lipinski definition) is 8. The molecule has 0 radical (unpaired) electrons. The SMILES string of the molecule is O=C(Nc1cccc(SC2=C(Nc3ccc(Br)cc3)C(=O)N(Cc3ccco3)C2=O)c1)c1ccc2c(c1)OCO2. The van der Waals surface area contributed by atoms with E-state index in [1.165, 1.54) is 6.26 Å². The highest BCUT2D eigenvalue weighted by Crippen LogP contribution is 2.38. The molecule has 0 saturated carbocycles. The molecular formula is C29H20BrN3O6S. The van der Waals surface area contributed by atoms with Gasteiger partial charge >= 0.3 is 0 Å². The Morgan fingerprint density at radius 2 is 1.73 bits per heavy atom. The fourth-order valence-corrected chi connectivity index (χ4v) is 5.40. The number of ether oxygens (including phenoxy) is 2.